The van der Waals surface area contributed by atoms with Crippen molar-refractivity contribution in [1.82, 2.24) is 14.8 Å². The standard InChI is InChI=1S/C15H19N3O2/c1-5-6-18-14(12(20-4)9-17-18)15(19)13-11(3)7-10(2)8-16-13/h7-9H,5-6H2,1-4H3. The Bertz CT molecular complexity index is 632. The van der Waals surface area contributed by atoms with Gasteiger partial charge in [0.15, 0.2) is 11.4 Å². The third-order valence-corrected chi connectivity index (χ3v) is 3.11. The lowest BCUT2D eigenvalue weighted by Gasteiger charge is -2.09. The molecule has 0 saturated carbocycles. The van der Waals surface area contributed by atoms with Crippen molar-refractivity contribution < 1.29 is 9.53 Å². The van der Waals surface area contributed by atoms with Crippen molar-refractivity contribution in [3.05, 3.63) is 41.0 Å². The summed E-state index contributed by atoms with van der Waals surface area (Å²) in [6.07, 6.45) is 4.17. The highest BCUT2D eigenvalue weighted by molar-refractivity contribution is 6.09. The first-order valence-corrected chi connectivity index (χ1v) is 6.66. The Morgan fingerprint density at radius 2 is 2.10 bits per heavy atom. The summed E-state index contributed by atoms with van der Waals surface area (Å²) in [5, 5.41) is 4.21. The molecular formula is C15H19N3O2. The Labute approximate surface area is 118 Å². The van der Waals surface area contributed by atoms with Crippen LogP contribution in [-0.4, -0.2) is 27.7 Å². The lowest BCUT2D eigenvalue weighted by molar-refractivity contribution is 0.102. The van der Waals surface area contributed by atoms with Crippen LogP contribution in [0, 0.1) is 13.8 Å². The maximum atomic E-state index is 12.7. The zero-order chi connectivity index (χ0) is 14.7. The number of carbonyl (C=O) groups is 1. The summed E-state index contributed by atoms with van der Waals surface area (Å²) in [4.78, 5) is 17.0. The van der Waals surface area contributed by atoms with Gasteiger partial charge in [-0.15, -0.1) is 0 Å². The van der Waals surface area contributed by atoms with E-state index in [9.17, 15) is 4.79 Å². The fourth-order valence-electron chi connectivity index (χ4n) is 2.19. The summed E-state index contributed by atoms with van der Waals surface area (Å²) in [7, 11) is 1.54. The Morgan fingerprint density at radius 1 is 1.35 bits per heavy atom. The minimum absolute atomic E-state index is 0.148. The van der Waals surface area contributed by atoms with Crippen LogP contribution in [0.3, 0.4) is 0 Å². The molecule has 5 nitrogen and oxygen atoms in total. The van der Waals surface area contributed by atoms with Crippen molar-refractivity contribution in [2.24, 2.45) is 0 Å². The zero-order valence-electron chi connectivity index (χ0n) is 12.3. The molecule has 0 aliphatic heterocycles. The van der Waals surface area contributed by atoms with Crippen LogP contribution < -0.4 is 4.74 Å². The summed E-state index contributed by atoms with van der Waals surface area (Å²) in [6.45, 7) is 6.56. The normalized spacial score (nSPS) is 10.6. The van der Waals surface area contributed by atoms with E-state index < -0.39 is 0 Å². The van der Waals surface area contributed by atoms with Crippen LogP contribution in [0.2, 0.25) is 0 Å². The van der Waals surface area contributed by atoms with Crippen molar-refractivity contribution in [3.8, 4) is 5.75 Å². The van der Waals surface area contributed by atoms with Gasteiger partial charge in [-0.3, -0.25) is 14.5 Å². The monoisotopic (exact) mass is 273 g/mol. The number of aryl methyl sites for hydroxylation is 3. The molecule has 0 aliphatic carbocycles. The van der Waals surface area contributed by atoms with Gasteiger partial charge in [0.1, 0.15) is 5.69 Å². The first-order valence-electron chi connectivity index (χ1n) is 6.66. The fourth-order valence-corrected chi connectivity index (χ4v) is 2.19. The summed E-state index contributed by atoms with van der Waals surface area (Å²) in [5.74, 6) is 0.343. The molecule has 0 saturated heterocycles. The molecule has 0 aliphatic rings. The smallest absolute Gasteiger partial charge is 0.233 e. The van der Waals surface area contributed by atoms with Gasteiger partial charge < -0.3 is 4.74 Å². The quantitative estimate of drug-likeness (QED) is 0.786. The van der Waals surface area contributed by atoms with Gasteiger partial charge in [0, 0.05) is 12.7 Å². The third-order valence-electron chi connectivity index (χ3n) is 3.11. The number of hydrogen-bond acceptors (Lipinski definition) is 4. The topological polar surface area (TPSA) is 57.0 Å². The molecule has 0 N–H and O–H groups in total. The molecule has 20 heavy (non-hydrogen) atoms. The van der Waals surface area contributed by atoms with Gasteiger partial charge >= 0.3 is 0 Å². The molecule has 0 spiro atoms. The Balaban J connectivity index is 2.49. The van der Waals surface area contributed by atoms with E-state index in [1.165, 1.54) is 0 Å². The number of hydrogen-bond donors (Lipinski definition) is 0. The summed E-state index contributed by atoms with van der Waals surface area (Å²) < 4.78 is 6.93. The molecule has 2 heterocycles. The van der Waals surface area contributed by atoms with Crippen LogP contribution in [-0.2, 0) is 6.54 Å². The fraction of sp³-hybridized carbons (Fsp3) is 0.400. The molecule has 106 valence electrons. The van der Waals surface area contributed by atoms with Crippen LogP contribution in [0.15, 0.2) is 18.5 Å². The first kappa shape index (κ1) is 14.2. The van der Waals surface area contributed by atoms with Crippen molar-refractivity contribution in [3.63, 3.8) is 0 Å². The highest BCUT2D eigenvalue weighted by Gasteiger charge is 2.23. The number of pyridine rings is 1. The third kappa shape index (κ3) is 2.57. The lowest BCUT2D eigenvalue weighted by Crippen LogP contribution is -2.15. The zero-order valence-corrected chi connectivity index (χ0v) is 12.3. The average molecular weight is 273 g/mol. The lowest BCUT2D eigenvalue weighted by atomic mass is 10.1. The molecule has 2 aromatic heterocycles. The molecular weight excluding hydrogens is 254 g/mol. The second-order valence-corrected chi connectivity index (χ2v) is 4.79. The first-order chi connectivity index (χ1) is 9.58. The second-order valence-electron chi connectivity index (χ2n) is 4.79. The molecule has 2 rings (SSSR count). The number of carbonyl (C=O) groups excluding carboxylic acids is 1. The SMILES string of the molecule is CCCn1ncc(OC)c1C(=O)c1ncc(C)cc1C. The van der Waals surface area contributed by atoms with E-state index in [4.69, 9.17) is 4.74 Å². The molecule has 0 radical (unpaired) electrons. The van der Waals surface area contributed by atoms with E-state index in [2.05, 4.69) is 10.1 Å². The highest BCUT2D eigenvalue weighted by atomic mass is 16.5. The van der Waals surface area contributed by atoms with E-state index in [1.54, 1.807) is 24.2 Å². The number of ketones is 1. The van der Waals surface area contributed by atoms with Crippen LogP contribution in [0.1, 0.15) is 40.7 Å². The molecule has 0 bridgehead atoms. The highest BCUT2D eigenvalue weighted by Crippen LogP contribution is 2.22. The van der Waals surface area contributed by atoms with E-state index >= 15 is 0 Å². The molecule has 0 amide bonds. The number of ether oxygens (including phenoxy) is 1. The van der Waals surface area contributed by atoms with Gasteiger partial charge in [-0.2, -0.15) is 5.10 Å². The van der Waals surface area contributed by atoms with E-state index in [0.29, 0.717) is 23.7 Å². The molecule has 0 unspecified atom stereocenters. The van der Waals surface area contributed by atoms with E-state index in [-0.39, 0.29) is 5.78 Å². The minimum atomic E-state index is -0.148. The maximum absolute atomic E-state index is 12.7. The Hall–Kier alpha value is -2.17. The van der Waals surface area contributed by atoms with Crippen LogP contribution >= 0.6 is 0 Å². The predicted octanol–water partition coefficient (Wildman–Crippen LogP) is 2.54. The summed E-state index contributed by atoms with van der Waals surface area (Å²) in [6, 6.07) is 1.95. The predicted molar refractivity (Wildman–Crippen MR) is 76.2 cm³/mol. The Kier molecular flexibility index (Phi) is 4.17. The molecule has 2 aromatic rings. The maximum Gasteiger partial charge on any atom is 0.233 e. The number of aromatic nitrogens is 3. The molecule has 0 fully saturated rings. The van der Waals surface area contributed by atoms with Gasteiger partial charge in [0.25, 0.3) is 0 Å². The molecule has 5 heteroatoms. The van der Waals surface area contributed by atoms with Crippen LogP contribution in [0.25, 0.3) is 0 Å². The van der Waals surface area contributed by atoms with Gasteiger partial charge in [0.05, 0.1) is 13.3 Å². The van der Waals surface area contributed by atoms with Crippen molar-refractivity contribution in [2.75, 3.05) is 7.11 Å². The minimum Gasteiger partial charge on any atom is -0.493 e. The summed E-state index contributed by atoms with van der Waals surface area (Å²) in [5.41, 5.74) is 2.81. The average Bonchev–Trinajstić information content (AvgIpc) is 2.81. The van der Waals surface area contributed by atoms with E-state index in [0.717, 1.165) is 17.5 Å². The Morgan fingerprint density at radius 3 is 2.70 bits per heavy atom. The molecule has 0 aromatic carbocycles. The number of rotatable bonds is 5. The van der Waals surface area contributed by atoms with E-state index in [1.807, 2.05) is 26.8 Å². The summed E-state index contributed by atoms with van der Waals surface area (Å²) >= 11 is 0. The van der Waals surface area contributed by atoms with Crippen molar-refractivity contribution in [1.29, 1.82) is 0 Å². The van der Waals surface area contributed by atoms with Crippen LogP contribution in [0.4, 0.5) is 0 Å². The van der Waals surface area contributed by atoms with Gasteiger partial charge in [0.2, 0.25) is 5.78 Å². The van der Waals surface area contributed by atoms with Crippen molar-refractivity contribution in [2.45, 2.75) is 33.7 Å². The largest absolute Gasteiger partial charge is 0.493 e. The number of nitrogens with zero attached hydrogens (tertiary/aromatic N) is 3. The molecule has 0 atom stereocenters. The van der Waals surface area contributed by atoms with Crippen LogP contribution in [0.5, 0.6) is 5.75 Å². The van der Waals surface area contributed by atoms with Gasteiger partial charge in [-0.05, 0) is 31.4 Å². The number of methoxy groups -OCH3 is 1. The van der Waals surface area contributed by atoms with Crippen molar-refractivity contribution >= 4 is 5.78 Å². The van der Waals surface area contributed by atoms with Gasteiger partial charge in [-0.1, -0.05) is 13.0 Å². The van der Waals surface area contributed by atoms with Gasteiger partial charge in [-0.25, -0.2) is 0 Å². The second kappa shape index (κ2) is 5.86.